The van der Waals surface area contributed by atoms with E-state index < -0.39 is 0 Å². The van der Waals surface area contributed by atoms with Gasteiger partial charge in [0.1, 0.15) is 0 Å². The first kappa shape index (κ1) is 14.4. The average Bonchev–Trinajstić information content (AvgIpc) is 3.40. The van der Waals surface area contributed by atoms with Crippen molar-refractivity contribution in [3.63, 3.8) is 0 Å². The lowest BCUT2D eigenvalue weighted by atomic mass is 9.64. The summed E-state index contributed by atoms with van der Waals surface area (Å²) in [5.74, 6) is 2.38. The lowest BCUT2D eigenvalue weighted by Crippen LogP contribution is -2.56. The molecular weight excluding hydrogens is 410 g/mol. The minimum atomic E-state index is -0.356. The number of aliphatic hydroxyl groups excluding tert-OH is 1. The van der Waals surface area contributed by atoms with Gasteiger partial charge in [-0.2, -0.15) is 0 Å². The van der Waals surface area contributed by atoms with Crippen LogP contribution in [0.1, 0.15) is 24.9 Å². The van der Waals surface area contributed by atoms with E-state index in [1.807, 2.05) is 39.7 Å². The molecule has 3 heterocycles. The molecule has 2 bridgehead atoms. The van der Waals surface area contributed by atoms with Crippen molar-refractivity contribution in [2.24, 2.45) is 34.5 Å². The molecule has 27 heavy (non-hydrogen) atoms. The molecule has 2 aromatic rings. The average molecular weight is 428 g/mol. The Kier molecular flexibility index (Phi) is 2.02. The maximum atomic E-state index is 13.4. The SMILES string of the molecule is O=c1n(-c2ccccc2)c(=O)n2n1[C@@H]1[C@H]3[C@@H]4[C@@H]3[C@@H]2[C@]23C[C@H](O)[C@@H](Br)C[C@]12[C@H]43. The lowest BCUT2D eigenvalue weighted by Gasteiger charge is -2.52. The van der Waals surface area contributed by atoms with Gasteiger partial charge < -0.3 is 5.11 Å². The molecule has 0 amide bonds. The van der Waals surface area contributed by atoms with Crippen molar-refractivity contribution in [2.75, 3.05) is 0 Å². The Hall–Kier alpha value is -1.60. The number of halogens is 1. The third-order valence-corrected chi connectivity index (χ3v) is 10.2. The van der Waals surface area contributed by atoms with Crippen LogP contribution in [0.2, 0.25) is 0 Å². The molecule has 9 rings (SSSR count). The third kappa shape index (κ3) is 1.10. The molecule has 2 aliphatic heterocycles. The third-order valence-electron chi connectivity index (χ3n) is 9.30. The zero-order valence-corrected chi connectivity index (χ0v) is 16.0. The van der Waals surface area contributed by atoms with Crippen LogP contribution in [-0.2, 0) is 0 Å². The van der Waals surface area contributed by atoms with Crippen molar-refractivity contribution in [2.45, 2.75) is 35.9 Å². The van der Waals surface area contributed by atoms with Gasteiger partial charge >= 0.3 is 11.4 Å². The Morgan fingerprint density at radius 3 is 2.15 bits per heavy atom. The van der Waals surface area contributed by atoms with Crippen molar-refractivity contribution >= 4 is 15.9 Å². The zero-order valence-electron chi connectivity index (χ0n) is 14.4. The smallest absolute Gasteiger partial charge is 0.352 e. The fraction of sp³-hybridized carbons (Fsp3) is 0.600. The molecule has 1 aromatic carbocycles. The predicted octanol–water partition coefficient (Wildman–Crippen LogP) is 1.31. The second-order valence-corrected chi connectivity index (χ2v) is 10.8. The number of nitrogens with zero attached hydrogens (tertiary/aromatic N) is 3. The highest BCUT2D eigenvalue weighted by atomic mass is 79.9. The number of hydrogen-bond donors (Lipinski definition) is 1. The van der Waals surface area contributed by atoms with Gasteiger partial charge in [0.25, 0.3) is 0 Å². The number of aliphatic hydroxyl groups is 1. The van der Waals surface area contributed by atoms with Gasteiger partial charge in [-0.15, -0.1) is 0 Å². The van der Waals surface area contributed by atoms with Crippen LogP contribution in [0.25, 0.3) is 5.69 Å². The highest BCUT2D eigenvalue weighted by Gasteiger charge is 3.03. The van der Waals surface area contributed by atoms with Crippen LogP contribution in [0, 0.1) is 34.5 Å². The number of rotatable bonds is 1. The molecule has 1 aromatic heterocycles. The van der Waals surface area contributed by atoms with Gasteiger partial charge in [-0.3, -0.25) is 0 Å². The first-order chi connectivity index (χ1) is 13.1. The van der Waals surface area contributed by atoms with E-state index in [4.69, 9.17) is 0 Å². The molecule has 0 saturated heterocycles. The van der Waals surface area contributed by atoms with E-state index in [1.54, 1.807) is 0 Å². The summed E-state index contributed by atoms with van der Waals surface area (Å²) in [6, 6.07) is 9.50. The molecule has 0 radical (unpaired) electrons. The summed E-state index contributed by atoms with van der Waals surface area (Å²) in [7, 11) is 0. The Labute approximate surface area is 162 Å². The summed E-state index contributed by atoms with van der Waals surface area (Å²) in [6.45, 7) is 0. The van der Waals surface area contributed by atoms with E-state index in [0.717, 1.165) is 12.8 Å². The quantitative estimate of drug-likeness (QED) is 0.697. The molecule has 0 unspecified atom stereocenters. The Morgan fingerprint density at radius 1 is 0.926 bits per heavy atom. The van der Waals surface area contributed by atoms with E-state index >= 15 is 0 Å². The van der Waals surface area contributed by atoms with Gasteiger partial charge in [-0.05, 0) is 48.6 Å². The summed E-state index contributed by atoms with van der Waals surface area (Å²) in [6.07, 6.45) is 1.34. The highest BCUT2D eigenvalue weighted by molar-refractivity contribution is 9.09. The van der Waals surface area contributed by atoms with Crippen LogP contribution in [-0.4, -0.2) is 30.0 Å². The maximum Gasteiger partial charge on any atom is 0.352 e. The van der Waals surface area contributed by atoms with Crippen molar-refractivity contribution in [3.8, 4) is 5.69 Å². The standard InChI is InChI=1S/C20H18BrN3O3/c21-9-6-19-14-11-12-13(11)16(20(14,19)7-10(9)25)24-18(27)22(8-4-2-1-3-5-8)17(26)23(24)15(12)19/h1-5,9-16,25H,6-7H2/t9-,10-,11+,12-,13-,14-,15+,16+,19-,20+/m0/s1. The van der Waals surface area contributed by atoms with Gasteiger partial charge in [0, 0.05) is 15.7 Å². The molecule has 5 aliphatic carbocycles. The molecule has 5 saturated carbocycles. The fourth-order valence-corrected chi connectivity index (χ4v) is 9.72. The molecule has 6 nitrogen and oxygen atoms in total. The lowest BCUT2D eigenvalue weighted by molar-refractivity contribution is -0.0543. The number of benzene rings is 1. The number of aromatic nitrogens is 3. The summed E-state index contributed by atoms with van der Waals surface area (Å²) in [5.41, 5.74) is 0.431. The molecule has 7 heteroatoms. The predicted molar refractivity (Wildman–Crippen MR) is 99.1 cm³/mol. The van der Waals surface area contributed by atoms with Crippen molar-refractivity contribution in [3.05, 3.63) is 51.3 Å². The van der Waals surface area contributed by atoms with E-state index in [9.17, 15) is 14.7 Å². The number of hydrogen-bond acceptors (Lipinski definition) is 3. The second-order valence-electron chi connectivity index (χ2n) is 9.60. The van der Waals surface area contributed by atoms with Gasteiger partial charge in [0.05, 0.1) is 23.9 Å². The highest BCUT2D eigenvalue weighted by Crippen LogP contribution is 3.04. The molecule has 2 spiro atoms. The fourth-order valence-electron chi connectivity index (χ4n) is 8.99. The van der Waals surface area contributed by atoms with Crippen molar-refractivity contribution in [1.82, 2.24) is 13.9 Å². The number of alkyl halides is 1. The van der Waals surface area contributed by atoms with Crippen LogP contribution in [0.4, 0.5) is 0 Å². The van der Waals surface area contributed by atoms with Crippen molar-refractivity contribution < 1.29 is 5.11 Å². The van der Waals surface area contributed by atoms with Gasteiger partial charge in [0.2, 0.25) is 0 Å². The molecule has 10 atom stereocenters. The van der Waals surface area contributed by atoms with Crippen LogP contribution in [0.15, 0.2) is 39.9 Å². The van der Waals surface area contributed by atoms with Crippen LogP contribution in [0.5, 0.6) is 0 Å². The van der Waals surface area contributed by atoms with Crippen molar-refractivity contribution in [1.29, 1.82) is 0 Å². The van der Waals surface area contributed by atoms with Crippen LogP contribution in [0.3, 0.4) is 0 Å². The van der Waals surface area contributed by atoms with Gasteiger partial charge in [-0.1, -0.05) is 34.1 Å². The topological polar surface area (TPSA) is 69.2 Å². The molecule has 5 fully saturated rings. The summed E-state index contributed by atoms with van der Waals surface area (Å²) in [5, 5.41) is 10.6. The normalized spacial score (nSPS) is 53.9. The van der Waals surface area contributed by atoms with Crippen LogP contribution < -0.4 is 11.4 Å². The van der Waals surface area contributed by atoms with Gasteiger partial charge in [0.15, 0.2) is 0 Å². The van der Waals surface area contributed by atoms with Crippen LogP contribution >= 0.6 is 15.9 Å². The molecular formula is C20H18BrN3O3. The second kappa shape index (κ2) is 3.79. The largest absolute Gasteiger partial charge is 0.392 e. The number of para-hydroxylation sites is 1. The van der Waals surface area contributed by atoms with E-state index in [2.05, 4.69) is 15.9 Å². The molecule has 7 aliphatic rings. The van der Waals surface area contributed by atoms with E-state index in [0.29, 0.717) is 29.4 Å². The molecule has 138 valence electrons. The minimum absolute atomic E-state index is 0.0462. The first-order valence-corrected chi connectivity index (χ1v) is 10.8. The summed E-state index contributed by atoms with van der Waals surface area (Å²) in [4.78, 5) is 26.9. The Balaban J connectivity index is 1.44. The van der Waals surface area contributed by atoms with E-state index in [1.165, 1.54) is 4.57 Å². The zero-order chi connectivity index (χ0) is 18.0. The van der Waals surface area contributed by atoms with E-state index in [-0.39, 0.29) is 45.2 Å². The first-order valence-electron chi connectivity index (χ1n) is 9.89. The minimum Gasteiger partial charge on any atom is -0.392 e. The summed E-state index contributed by atoms with van der Waals surface area (Å²) >= 11 is 3.70. The monoisotopic (exact) mass is 427 g/mol. The Morgan fingerprint density at radius 2 is 1.52 bits per heavy atom. The maximum absolute atomic E-state index is 13.4. The molecule has 1 N–H and O–H groups in total. The Bertz CT molecular complexity index is 1110. The van der Waals surface area contributed by atoms with Gasteiger partial charge in [-0.25, -0.2) is 23.5 Å². The summed E-state index contributed by atoms with van der Waals surface area (Å²) < 4.78 is 5.00.